The summed E-state index contributed by atoms with van der Waals surface area (Å²) in [5.74, 6) is -0.410. The van der Waals surface area contributed by atoms with E-state index in [0.717, 1.165) is 15.4 Å². The lowest BCUT2D eigenvalue weighted by molar-refractivity contribution is -0.127. The second-order valence-corrected chi connectivity index (χ2v) is 6.28. The number of rotatable bonds is 6. The minimum atomic E-state index is -0.540. The summed E-state index contributed by atoms with van der Waals surface area (Å²) in [5.41, 5.74) is 1.05. The molecule has 0 saturated carbocycles. The van der Waals surface area contributed by atoms with E-state index < -0.39 is 6.04 Å². The molecule has 2 amide bonds. The van der Waals surface area contributed by atoms with Crippen LogP contribution < -0.4 is 10.6 Å². The van der Waals surface area contributed by atoms with Gasteiger partial charge in [-0.25, -0.2) is 0 Å². The maximum Gasteiger partial charge on any atom is 0.242 e. The van der Waals surface area contributed by atoms with E-state index in [9.17, 15) is 9.59 Å². The Bertz CT molecular complexity index is 674. The smallest absolute Gasteiger partial charge is 0.242 e. The van der Waals surface area contributed by atoms with Crippen LogP contribution in [-0.4, -0.2) is 17.9 Å². The number of amides is 2. The van der Waals surface area contributed by atoms with E-state index in [2.05, 4.69) is 22.8 Å². The van der Waals surface area contributed by atoms with E-state index in [-0.39, 0.29) is 11.8 Å². The molecule has 120 valence electrons. The molecule has 2 rings (SSSR count). The number of carbonyl (C=O) groups excluding carboxylic acids is 2. The number of carbonyl (C=O) groups is 2. The molecule has 4 nitrogen and oxygen atoms in total. The predicted octanol–water partition coefficient (Wildman–Crippen LogP) is 2.98. The fourth-order valence-corrected chi connectivity index (χ4v) is 3.04. The van der Waals surface area contributed by atoms with Gasteiger partial charge in [-0.3, -0.25) is 9.59 Å². The molecule has 5 heteroatoms. The molecule has 2 N–H and O–H groups in total. The highest BCUT2D eigenvalue weighted by Gasteiger charge is 2.13. The predicted molar refractivity (Wildman–Crippen MR) is 92.1 cm³/mol. The van der Waals surface area contributed by atoms with Crippen molar-refractivity contribution in [2.24, 2.45) is 0 Å². The summed E-state index contributed by atoms with van der Waals surface area (Å²) in [7, 11) is 0. The Balaban J connectivity index is 2.00. The first-order valence-corrected chi connectivity index (χ1v) is 8.23. The largest absolute Gasteiger partial charge is 0.350 e. The maximum absolute atomic E-state index is 12.0. The van der Waals surface area contributed by atoms with Gasteiger partial charge in [0.15, 0.2) is 0 Å². The Morgan fingerprint density at radius 1 is 1.04 bits per heavy atom. The summed E-state index contributed by atoms with van der Waals surface area (Å²) < 4.78 is 0. The zero-order chi connectivity index (χ0) is 16.7. The minimum absolute atomic E-state index is 0.195. The van der Waals surface area contributed by atoms with E-state index >= 15 is 0 Å². The number of nitrogens with one attached hydrogen (secondary N) is 2. The molecule has 0 aromatic heterocycles. The molecular weight excluding hydrogens is 308 g/mol. The molecule has 0 bridgehead atoms. The highest BCUT2D eigenvalue weighted by atomic mass is 32.2. The van der Waals surface area contributed by atoms with Gasteiger partial charge in [0.25, 0.3) is 0 Å². The second kappa shape index (κ2) is 8.39. The molecule has 23 heavy (non-hydrogen) atoms. The third-order valence-electron chi connectivity index (χ3n) is 3.21. The summed E-state index contributed by atoms with van der Waals surface area (Å²) in [5, 5.41) is 5.44. The van der Waals surface area contributed by atoms with Crippen LogP contribution in [0, 0.1) is 0 Å². The van der Waals surface area contributed by atoms with Gasteiger partial charge in [0.1, 0.15) is 6.04 Å². The first kappa shape index (κ1) is 17.1. The summed E-state index contributed by atoms with van der Waals surface area (Å²) in [6, 6.07) is 17.5. The van der Waals surface area contributed by atoms with Crippen LogP contribution in [0.15, 0.2) is 64.4 Å². The fourth-order valence-electron chi connectivity index (χ4n) is 2.07. The van der Waals surface area contributed by atoms with Crippen molar-refractivity contribution in [3.05, 3.63) is 60.2 Å². The van der Waals surface area contributed by atoms with Crippen molar-refractivity contribution in [2.75, 3.05) is 0 Å². The van der Waals surface area contributed by atoms with Crippen molar-refractivity contribution < 1.29 is 9.59 Å². The normalized spacial score (nSPS) is 11.6. The Labute approximate surface area is 140 Å². The molecule has 0 saturated heterocycles. The van der Waals surface area contributed by atoms with Crippen molar-refractivity contribution in [3.8, 4) is 0 Å². The van der Waals surface area contributed by atoms with Crippen LogP contribution in [0.4, 0.5) is 0 Å². The lowest BCUT2D eigenvalue weighted by Crippen LogP contribution is -2.43. The molecule has 0 aliphatic rings. The Morgan fingerprint density at radius 3 is 2.39 bits per heavy atom. The molecule has 0 fully saturated rings. The highest BCUT2D eigenvalue weighted by molar-refractivity contribution is 7.99. The maximum atomic E-state index is 12.0. The van der Waals surface area contributed by atoms with Gasteiger partial charge in [0.05, 0.1) is 0 Å². The van der Waals surface area contributed by atoms with E-state index in [1.165, 1.54) is 6.92 Å². The standard InChI is InChI=1S/C18H20N2O2S/c1-13(20-14(2)21)18(22)19-12-15-8-6-7-11-17(15)23-16-9-4-3-5-10-16/h3-11,13H,12H2,1-2H3,(H,19,22)(H,20,21). The third kappa shape index (κ3) is 5.45. The molecular formula is C18H20N2O2S. The zero-order valence-electron chi connectivity index (χ0n) is 13.2. The molecule has 1 atom stereocenters. The van der Waals surface area contributed by atoms with Crippen molar-refractivity contribution in [1.82, 2.24) is 10.6 Å². The minimum Gasteiger partial charge on any atom is -0.350 e. The van der Waals surface area contributed by atoms with Crippen molar-refractivity contribution >= 4 is 23.6 Å². The molecule has 2 aromatic rings. The summed E-state index contributed by atoms with van der Waals surface area (Å²) in [6.07, 6.45) is 0. The number of hydrogen-bond donors (Lipinski definition) is 2. The number of benzene rings is 2. The van der Waals surface area contributed by atoms with Gasteiger partial charge in [-0.05, 0) is 30.7 Å². The van der Waals surface area contributed by atoms with Gasteiger partial charge in [-0.2, -0.15) is 0 Å². The summed E-state index contributed by atoms with van der Waals surface area (Å²) in [4.78, 5) is 25.2. The molecule has 0 spiro atoms. The van der Waals surface area contributed by atoms with Gasteiger partial charge in [-0.1, -0.05) is 48.2 Å². The zero-order valence-corrected chi connectivity index (χ0v) is 14.0. The van der Waals surface area contributed by atoms with Gasteiger partial charge in [-0.15, -0.1) is 0 Å². The Morgan fingerprint density at radius 2 is 1.70 bits per heavy atom. The summed E-state index contributed by atoms with van der Waals surface area (Å²) >= 11 is 1.66. The second-order valence-electron chi connectivity index (χ2n) is 5.16. The molecule has 0 heterocycles. The lowest BCUT2D eigenvalue weighted by Gasteiger charge is -2.14. The lowest BCUT2D eigenvalue weighted by atomic mass is 10.2. The average molecular weight is 328 g/mol. The van der Waals surface area contributed by atoms with Crippen LogP contribution in [0.5, 0.6) is 0 Å². The van der Waals surface area contributed by atoms with Gasteiger partial charge in [0.2, 0.25) is 11.8 Å². The molecule has 1 unspecified atom stereocenters. The highest BCUT2D eigenvalue weighted by Crippen LogP contribution is 2.30. The first-order valence-electron chi connectivity index (χ1n) is 7.42. The Kier molecular flexibility index (Phi) is 6.23. The van der Waals surface area contributed by atoms with Gasteiger partial charge in [0, 0.05) is 23.3 Å². The van der Waals surface area contributed by atoms with Crippen LogP contribution in [0.25, 0.3) is 0 Å². The van der Waals surface area contributed by atoms with E-state index in [0.29, 0.717) is 6.54 Å². The SMILES string of the molecule is CC(=O)NC(C)C(=O)NCc1ccccc1Sc1ccccc1. The fraction of sp³-hybridized carbons (Fsp3) is 0.222. The molecule has 0 aliphatic heterocycles. The van der Waals surface area contributed by atoms with Crippen LogP contribution >= 0.6 is 11.8 Å². The monoisotopic (exact) mass is 328 g/mol. The average Bonchev–Trinajstić information content (AvgIpc) is 2.54. The van der Waals surface area contributed by atoms with Crippen molar-refractivity contribution in [1.29, 1.82) is 0 Å². The van der Waals surface area contributed by atoms with Crippen LogP contribution in [0.2, 0.25) is 0 Å². The van der Waals surface area contributed by atoms with Crippen molar-refractivity contribution in [3.63, 3.8) is 0 Å². The third-order valence-corrected chi connectivity index (χ3v) is 4.34. The molecule has 2 aromatic carbocycles. The number of hydrogen-bond acceptors (Lipinski definition) is 3. The molecule has 0 aliphatic carbocycles. The van der Waals surface area contributed by atoms with E-state index in [1.54, 1.807) is 18.7 Å². The van der Waals surface area contributed by atoms with Crippen LogP contribution in [0.3, 0.4) is 0 Å². The van der Waals surface area contributed by atoms with E-state index in [4.69, 9.17) is 0 Å². The quantitative estimate of drug-likeness (QED) is 0.857. The topological polar surface area (TPSA) is 58.2 Å². The van der Waals surface area contributed by atoms with Crippen LogP contribution in [0.1, 0.15) is 19.4 Å². The van der Waals surface area contributed by atoms with Crippen LogP contribution in [-0.2, 0) is 16.1 Å². The first-order chi connectivity index (χ1) is 11.1. The van der Waals surface area contributed by atoms with Crippen molar-refractivity contribution in [2.45, 2.75) is 36.2 Å². The van der Waals surface area contributed by atoms with Gasteiger partial charge >= 0.3 is 0 Å². The summed E-state index contributed by atoms with van der Waals surface area (Å²) in [6.45, 7) is 3.50. The van der Waals surface area contributed by atoms with E-state index in [1.807, 2.05) is 42.5 Å². The Hall–Kier alpha value is -2.27. The molecule has 0 radical (unpaired) electrons. The van der Waals surface area contributed by atoms with Gasteiger partial charge < -0.3 is 10.6 Å².